The fraction of sp³-hybridized carbons (Fsp3) is 0.143. The van der Waals surface area contributed by atoms with Gasteiger partial charge in [0.1, 0.15) is 0 Å². The predicted molar refractivity (Wildman–Crippen MR) is 49.7 cm³/mol. The Morgan fingerprint density at radius 1 is 1.50 bits per heavy atom. The van der Waals surface area contributed by atoms with Gasteiger partial charge in [-0.3, -0.25) is 0 Å². The first kappa shape index (κ1) is 11.1. The molecule has 1 heterocycles. The van der Waals surface area contributed by atoms with E-state index in [1.807, 2.05) is 5.59 Å². The third kappa shape index (κ3) is 2.07. The van der Waals surface area contributed by atoms with Gasteiger partial charge in [-0.2, -0.15) is 8.42 Å². The van der Waals surface area contributed by atoms with Crippen molar-refractivity contribution in [1.29, 1.82) is 0 Å². The Labute approximate surface area is 90.5 Å². The van der Waals surface area contributed by atoms with Gasteiger partial charge in [0.25, 0.3) is 0 Å². The number of nitrogens with zero attached hydrogens (tertiary/aromatic N) is 1. The van der Waals surface area contributed by atoms with Crippen LogP contribution in [0.5, 0.6) is 5.75 Å². The van der Waals surface area contributed by atoms with E-state index in [9.17, 15) is 12.8 Å². The molecule has 1 aromatic carbocycles. The lowest BCUT2D eigenvalue weighted by molar-refractivity contribution is 0.198. The van der Waals surface area contributed by atoms with Crippen molar-refractivity contribution in [3.05, 3.63) is 24.0 Å². The van der Waals surface area contributed by atoms with Gasteiger partial charge in [0.05, 0.1) is 12.8 Å². The fourth-order valence-corrected chi connectivity index (χ4v) is 1.57. The van der Waals surface area contributed by atoms with Gasteiger partial charge in [0.15, 0.2) is 11.6 Å². The Morgan fingerprint density at radius 2 is 2.25 bits per heavy atom. The molecule has 1 aromatic rings. The van der Waals surface area contributed by atoms with Gasteiger partial charge in [0, 0.05) is 6.07 Å². The van der Waals surface area contributed by atoms with Gasteiger partial charge in [-0.25, -0.2) is 4.39 Å². The molecule has 0 spiro atoms. The number of hydrazine groups is 1. The monoisotopic (exact) mass is 250 g/mol. The summed E-state index contributed by atoms with van der Waals surface area (Å²) < 4.78 is 47.9. The summed E-state index contributed by atoms with van der Waals surface area (Å²) in [5.74, 6) is -0.624. The number of ether oxygens (including phenoxy) is 1. The van der Waals surface area contributed by atoms with Crippen molar-refractivity contribution in [2.75, 3.05) is 12.3 Å². The van der Waals surface area contributed by atoms with Gasteiger partial charge < -0.3 is 4.74 Å². The highest BCUT2D eigenvalue weighted by Gasteiger charge is 2.29. The van der Waals surface area contributed by atoms with Crippen molar-refractivity contribution in [3.8, 4) is 5.75 Å². The van der Waals surface area contributed by atoms with E-state index in [4.69, 9.17) is 4.74 Å². The quantitative estimate of drug-likeness (QED) is 0.807. The highest BCUT2D eigenvalue weighted by Crippen LogP contribution is 2.25. The largest absolute Gasteiger partial charge is 0.494 e. The van der Waals surface area contributed by atoms with Gasteiger partial charge in [-0.05, 0) is 12.1 Å². The number of methoxy groups -OCH3 is 1. The maximum Gasteiger partial charge on any atom is 0.440 e. The fourth-order valence-electron chi connectivity index (χ4n) is 1.08. The molecule has 1 fully saturated rings. The summed E-state index contributed by atoms with van der Waals surface area (Å²) >= 11 is 0. The molecule has 1 aliphatic rings. The zero-order valence-electron chi connectivity index (χ0n) is 8.01. The molecule has 9 heteroatoms. The first-order chi connectivity index (χ1) is 7.52. The molecule has 0 aromatic heterocycles. The zero-order valence-corrected chi connectivity index (χ0v) is 8.82. The number of hydrogen-bond acceptors (Lipinski definition) is 7. The molecule has 88 valence electrons. The summed E-state index contributed by atoms with van der Waals surface area (Å²) in [6, 6.07) is 3.73. The molecule has 0 aliphatic carbocycles. The molecule has 0 unspecified atom stereocenters. The summed E-state index contributed by atoms with van der Waals surface area (Å²) in [4.78, 5) is 0. The molecule has 0 bridgehead atoms. The van der Waals surface area contributed by atoms with Crippen LogP contribution in [0, 0.1) is 5.82 Å². The van der Waals surface area contributed by atoms with Crippen LogP contribution in [0.15, 0.2) is 18.2 Å². The molecule has 1 aliphatic heterocycles. The Morgan fingerprint density at radius 3 is 2.75 bits per heavy atom. The highest BCUT2D eigenvalue weighted by atomic mass is 32.3. The van der Waals surface area contributed by atoms with E-state index >= 15 is 0 Å². The van der Waals surface area contributed by atoms with Crippen LogP contribution in [0.4, 0.5) is 10.1 Å². The number of nitrogens with one attached hydrogen (secondary N) is 1. The SMILES string of the molecule is COc1ccc(N2NOS(=O)(=O)O2)cc1F. The van der Waals surface area contributed by atoms with E-state index in [2.05, 4.69) is 8.57 Å². The summed E-state index contributed by atoms with van der Waals surface area (Å²) in [5, 5.41) is 0.665. The first-order valence-corrected chi connectivity index (χ1v) is 5.37. The van der Waals surface area contributed by atoms with E-state index in [0.717, 1.165) is 6.07 Å². The van der Waals surface area contributed by atoms with Gasteiger partial charge in [-0.1, -0.05) is 5.59 Å². The van der Waals surface area contributed by atoms with E-state index < -0.39 is 16.2 Å². The highest BCUT2D eigenvalue weighted by molar-refractivity contribution is 7.82. The predicted octanol–water partition coefficient (Wildman–Crippen LogP) is 0.267. The number of benzene rings is 1. The molecule has 1 saturated heterocycles. The molecule has 0 saturated carbocycles. The lowest BCUT2D eigenvalue weighted by Gasteiger charge is -2.11. The third-order valence-electron chi connectivity index (χ3n) is 1.76. The topological polar surface area (TPSA) is 77.1 Å². The van der Waals surface area contributed by atoms with Crippen molar-refractivity contribution in [2.45, 2.75) is 0 Å². The number of rotatable bonds is 2. The first-order valence-electron chi connectivity index (χ1n) is 4.04. The van der Waals surface area contributed by atoms with Crippen molar-refractivity contribution in [3.63, 3.8) is 0 Å². The number of halogens is 1. The second-order valence-electron chi connectivity index (χ2n) is 2.77. The Hall–Kier alpha value is -1.42. The van der Waals surface area contributed by atoms with Crippen LogP contribution in [-0.4, -0.2) is 15.5 Å². The minimum absolute atomic E-state index is 0.0340. The minimum Gasteiger partial charge on any atom is -0.494 e. The maximum atomic E-state index is 13.3. The van der Waals surface area contributed by atoms with Crippen LogP contribution in [0.3, 0.4) is 0 Å². The Kier molecular flexibility index (Phi) is 2.68. The molecule has 0 radical (unpaired) electrons. The minimum atomic E-state index is -4.11. The van der Waals surface area contributed by atoms with Crippen LogP contribution in [0.2, 0.25) is 0 Å². The zero-order chi connectivity index (χ0) is 11.8. The molecule has 7 nitrogen and oxygen atoms in total. The summed E-state index contributed by atoms with van der Waals surface area (Å²) in [6.45, 7) is 0. The summed E-state index contributed by atoms with van der Waals surface area (Å²) in [7, 11) is -2.80. The van der Waals surface area contributed by atoms with Crippen molar-refractivity contribution in [1.82, 2.24) is 5.59 Å². The molecule has 2 rings (SSSR count). The smallest absolute Gasteiger partial charge is 0.440 e. The molecular formula is C7H7FN2O5S. The van der Waals surface area contributed by atoms with Crippen LogP contribution < -0.4 is 15.5 Å². The number of hydrogen-bond donors (Lipinski definition) is 1. The normalized spacial score (nSPS) is 18.8. The average molecular weight is 250 g/mol. The van der Waals surface area contributed by atoms with Crippen molar-refractivity contribution < 1.29 is 26.1 Å². The average Bonchev–Trinajstić information content (AvgIpc) is 2.59. The molecule has 0 amide bonds. The van der Waals surface area contributed by atoms with E-state index in [-0.39, 0.29) is 11.4 Å². The lowest BCUT2D eigenvalue weighted by atomic mass is 10.3. The van der Waals surface area contributed by atoms with E-state index in [0.29, 0.717) is 5.17 Å². The van der Waals surface area contributed by atoms with E-state index in [1.54, 1.807) is 0 Å². The van der Waals surface area contributed by atoms with E-state index in [1.165, 1.54) is 19.2 Å². The van der Waals surface area contributed by atoms with Gasteiger partial charge >= 0.3 is 10.4 Å². The van der Waals surface area contributed by atoms with Crippen LogP contribution in [-0.2, 0) is 19.0 Å². The van der Waals surface area contributed by atoms with Crippen LogP contribution >= 0.6 is 0 Å². The Balaban J connectivity index is 2.26. The summed E-state index contributed by atoms with van der Waals surface area (Å²) in [5.41, 5.74) is 2.05. The molecule has 0 atom stereocenters. The summed E-state index contributed by atoms with van der Waals surface area (Å²) in [6.07, 6.45) is 0. The van der Waals surface area contributed by atoms with Crippen LogP contribution in [0.1, 0.15) is 0 Å². The Bertz CT molecular complexity index is 505. The lowest BCUT2D eigenvalue weighted by Crippen LogP contribution is -2.28. The molecule has 1 N–H and O–H groups in total. The second-order valence-corrected chi connectivity index (χ2v) is 3.90. The van der Waals surface area contributed by atoms with Gasteiger partial charge in [0.2, 0.25) is 0 Å². The van der Waals surface area contributed by atoms with Gasteiger partial charge in [-0.15, -0.1) is 13.7 Å². The molecular weight excluding hydrogens is 243 g/mol. The second kappa shape index (κ2) is 3.87. The standard InChI is InChI=1S/C7H7FN2O5S/c1-13-7-3-2-5(4-6(7)8)10-9-14-16(11,12)15-10/h2-4,9H,1H3. The molecule has 16 heavy (non-hydrogen) atoms. The van der Waals surface area contributed by atoms with Crippen molar-refractivity contribution >= 4 is 16.1 Å². The number of anilines is 1. The third-order valence-corrected chi connectivity index (χ3v) is 2.37. The maximum absolute atomic E-state index is 13.3. The van der Waals surface area contributed by atoms with Crippen LogP contribution in [0.25, 0.3) is 0 Å². The van der Waals surface area contributed by atoms with Crippen molar-refractivity contribution in [2.24, 2.45) is 0 Å².